The van der Waals surface area contributed by atoms with Crippen molar-refractivity contribution >= 4 is 27.3 Å². The minimum Gasteiger partial charge on any atom is -0.316 e. The van der Waals surface area contributed by atoms with E-state index in [0.29, 0.717) is 0 Å². The van der Waals surface area contributed by atoms with E-state index in [2.05, 4.69) is 50.5 Å². The van der Waals surface area contributed by atoms with Crippen LogP contribution in [-0.4, -0.2) is 23.3 Å². The van der Waals surface area contributed by atoms with E-state index in [1.807, 2.05) is 12.1 Å². The zero-order chi connectivity index (χ0) is 12.8. The number of rotatable bonds is 6. The summed E-state index contributed by atoms with van der Waals surface area (Å²) in [5.74, 6) is 0. The molecular weight excluding hydrogens is 310 g/mol. The van der Waals surface area contributed by atoms with Crippen LogP contribution in [0.15, 0.2) is 28.7 Å². The summed E-state index contributed by atoms with van der Waals surface area (Å²) in [6.45, 7) is 4.21. The van der Waals surface area contributed by atoms with Crippen molar-refractivity contribution in [1.29, 1.82) is 0 Å². The third-order valence-corrected chi connectivity index (χ3v) is 4.06. The van der Waals surface area contributed by atoms with Crippen LogP contribution >= 0.6 is 27.3 Å². The lowest BCUT2D eigenvalue weighted by Gasteiger charge is -1.98. The first kappa shape index (κ1) is 13.6. The molecule has 0 saturated heterocycles. The number of hydrogen-bond acceptors (Lipinski definition) is 4. The predicted molar refractivity (Wildman–Crippen MR) is 79.9 cm³/mol. The fourth-order valence-electron chi connectivity index (χ4n) is 1.56. The minimum absolute atomic E-state index is 0.953. The van der Waals surface area contributed by atoms with E-state index in [4.69, 9.17) is 0 Å². The predicted octanol–water partition coefficient (Wildman–Crippen LogP) is 3.51. The van der Waals surface area contributed by atoms with Gasteiger partial charge in [-0.3, -0.25) is 0 Å². The average Bonchev–Trinajstić information content (AvgIpc) is 2.84. The Morgan fingerprint density at radius 2 is 1.94 bits per heavy atom. The number of aromatic nitrogens is 2. The zero-order valence-electron chi connectivity index (χ0n) is 10.3. The van der Waals surface area contributed by atoms with Gasteiger partial charge in [0, 0.05) is 23.0 Å². The SMILES string of the molecule is CCCNCCc1nnc(-c2ccc(Br)cc2)s1. The molecule has 1 aromatic carbocycles. The van der Waals surface area contributed by atoms with Gasteiger partial charge in [0.25, 0.3) is 0 Å². The standard InChI is InChI=1S/C13H16BrN3S/c1-2-8-15-9-7-12-16-17-13(18-12)10-3-5-11(14)6-4-10/h3-6,15H,2,7-9H2,1H3. The second-order valence-corrected chi connectivity index (χ2v) is 5.99. The lowest BCUT2D eigenvalue weighted by Crippen LogP contribution is -2.17. The normalized spacial score (nSPS) is 10.8. The van der Waals surface area contributed by atoms with Crippen LogP contribution in [0.4, 0.5) is 0 Å². The van der Waals surface area contributed by atoms with Crippen LogP contribution in [0, 0.1) is 0 Å². The Hall–Kier alpha value is -0.780. The van der Waals surface area contributed by atoms with Crippen molar-refractivity contribution in [3.63, 3.8) is 0 Å². The molecule has 1 N–H and O–H groups in total. The van der Waals surface area contributed by atoms with Gasteiger partial charge >= 0.3 is 0 Å². The summed E-state index contributed by atoms with van der Waals surface area (Å²) >= 11 is 5.10. The summed E-state index contributed by atoms with van der Waals surface area (Å²) in [6.07, 6.45) is 2.12. The molecule has 0 aliphatic rings. The van der Waals surface area contributed by atoms with Gasteiger partial charge in [0.1, 0.15) is 10.0 Å². The molecule has 1 aromatic heterocycles. The smallest absolute Gasteiger partial charge is 0.147 e. The monoisotopic (exact) mass is 325 g/mol. The summed E-state index contributed by atoms with van der Waals surface area (Å²) in [4.78, 5) is 0. The Labute approximate surface area is 120 Å². The van der Waals surface area contributed by atoms with Crippen molar-refractivity contribution < 1.29 is 0 Å². The van der Waals surface area contributed by atoms with Crippen molar-refractivity contribution in [2.24, 2.45) is 0 Å². The van der Waals surface area contributed by atoms with Gasteiger partial charge in [0.05, 0.1) is 0 Å². The Morgan fingerprint density at radius 3 is 2.67 bits per heavy atom. The van der Waals surface area contributed by atoms with Crippen LogP contribution in [0.1, 0.15) is 18.4 Å². The summed E-state index contributed by atoms with van der Waals surface area (Å²) in [5.41, 5.74) is 1.13. The minimum atomic E-state index is 0.953. The van der Waals surface area contributed by atoms with Crippen LogP contribution in [-0.2, 0) is 6.42 Å². The van der Waals surface area contributed by atoms with E-state index in [1.165, 1.54) is 6.42 Å². The van der Waals surface area contributed by atoms with Crippen molar-refractivity contribution in [3.05, 3.63) is 33.7 Å². The summed E-state index contributed by atoms with van der Waals surface area (Å²) in [7, 11) is 0. The highest BCUT2D eigenvalue weighted by atomic mass is 79.9. The molecule has 3 nitrogen and oxygen atoms in total. The molecule has 0 spiro atoms. The van der Waals surface area contributed by atoms with Gasteiger partial charge in [-0.2, -0.15) is 0 Å². The van der Waals surface area contributed by atoms with Gasteiger partial charge < -0.3 is 5.32 Å². The highest BCUT2D eigenvalue weighted by Crippen LogP contribution is 2.24. The van der Waals surface area contributed by atoms with E-state index >= 15 is 0 Å². The molecule has 0 bridgehead atoms. The molecule has 18 heavy (non-hydrogen) atoms. The molecule has 0 aliphatic carbocycles. The molecule has 0 saturated carbocycles. The van der Waals surface area contributed by atoms with Crippen LogP contribution in [0.25, 0.3) is 10.6 Å². The summed E-state index contributed by atoms with van der Waals surface area (Å²) < 4.78 is 1.08. The molecule has 96 valence electrons. The maximum Gasteiger partial charge on any atom is 0.147 e. The molecule has 2 aromatic rings. The van der Waals surface area contributed by atoms with Gasteiger partial charge in [0.15, 0.2) is 0 Å². The molecule has 2 rings (SSSR count). The van der Waals surface area contributed by atoms with Gasteiger partial charge in [-0.25, -0.2) is 0 Å². The quantitative estimate of drug-likeness (QED) is 0.826. The van der Waals surface area contributed by atoms with E-state index in [0.717, 1.165) is 39.6 Å². The van der Waals surface area contributed by atoms with Crippen molar-refractivity contribution in [2.45, 2.75) is 19.8 Å². The first-order valence-electron chi connectivity index (χ1n) is 6.08. The third kappa shape index (κ3) is 3.86. The fourth-order valence-corrected chi connectivity index (χ4v) is 2.67. The number of benzene rings is 1. The maximum absolute atomic E-state index is 4.24. The molecule has 0 fully saturated rings. The molecular formula is C13H16BrN3S. The third-order valence-electron chi connectivity index (χ3n) is 2.50. The Balaban J connectivity index is 1.95. The fraction of sp³-hybridized carbons (Fsp3) is 0.385. The molecule has 1 heterocycles. The van der Waals surface area contributed by atoms with Crippen molar-refractivity contribution in [1.82, 2.24) is 15.5 Å². The highest BCUT2D eigenvalue weighted by molar-refractivity contribution is 9.10. The molecule has 0 radical (unpaired) electrons. The number of hydrogen-bond donors (Lipinski definition) is 1. The Kier molecular flexibility index (Phi) is 5.28. The van der Waals surface area contributed by atoms with E-state index in [9.17, 15) is 0 Å². The van der Waals surface area contributed by atoms with Gasteiger partial charge in [0.2, 0.25) is 0 Å². The van der Waals surface area contributed by atoms with Gasteiger partial charge in [-0.05, 0) is 25.1 Å². The second-order valence-electron chi connectivity index (χ2n) is 4.01. The van der Waals surface area contributed by atoms with Gasteiger partial charge in [-0.1, -0.05) is 46.3 Å². The summed E-state index contributed by atoms with van der Waals surface area (Å²) in [5, 5.41) is 13.9. The van der Waals surface area contributed by atoms with Crippen LogP contribution < -0.4 is 5.32 Å². The molecule has 0 amide bonds. The summed E-state index contributed by atoms with van der Waals surface area (Å²) in [6, 6.07) is 8.17. The molecule has 0 aliphatic heterocycles. The number of nitrogens with one attached hydrogen (secondary N) is 1. The highest BCUT2D eigenvalue weighted by Gasteiger charge is 2.06. The van der Waals surface area contributed by atoms with Gasteiger partial charge in [-0.15, -0.1) is 10.2 Å². The lowest BCUT2D eigenvalue weighted by atomic mass is 10.2. The Morgan fingerprint density at radius 1 is 1.17 bits per heavy atom. The van der Waals surface area contributed by atoms with E-state index in [-0.39, 0.29) is 0 Å². The zero-order valence-corrected chi connectivity index (χ0v) is 12.7. The first-order valence-corrected chi connectivity index (χ1v) is 7.69. The second kappa shape index (κ2) is 6.97. The number of halogens is 1. The topological polar surface area (TPSA) is 37.8 Å². The number of nitrogens with zero attached hydrogens (tertiary/aromatic N) is 2. The van der Waals surface area contributed by atoms with E-state index in [1.54, 1.807) is 11.3 Å². The van der Waals surface area contributed by atoms with Crippen LogP contribution in [0.2, 0.25) is 0 Å². The van der Waals surface area contributed by atoms with Crippen molar-refractivity contribution in [3.8, 4) is 10.6 Å². The maximum atomic E-state index is 4.24. The average molecular weight is 326 g/mol. The van der Waals surface area contributed by atoms with Crippen LogP contribution in [0.5, 0.6) is 0 Å². The van der Waals surface area contributed by atoms with Crippen molar-refractivity contribution in [2.75, 3.05) is 13.1 Å². The molecule has 5 heteroatoms. The van der Waals surface area contributed by atoms with E-state index < -0.39 is 0 Å². The largest absolute Gasteiger partial charge is 0.316 e. The van der Waals surface area contributed by atoms with Crippen LogP contribution in [0.3, 0.4) is 0 Å². The Bertz CT molecular complexity index is 481. The lowest BCUT2D eigenvalue weighted by molar-refractivity contribution is 0.668. The molecule has 0 atom stereocenters. The molecule has 0 unspecified atom stereocenters. The first-order chi connectivity index (χ1) is 8.79.